The number of benzene rings is 1. The predicted octanol–water partition coefficient (Wildman–Crippen LogP) is 1.34. The Morgan fingerprint density at radius 2 is 2.33 bits per heavy atom. The first-order valence-corrected chi connectivity index (χ1v) is 2.93. The fourth-order valence-electron chi connectivity index (χ4n) is 1.29. The molecule has 2 aliphatic rings. The molecule has 4 rings (SSSR count). The van der Waals surface area contributed by atoms with E-state index in [0.29, 0.717) is 0 Å². The van der Waals surface area contributed by atoms with Gasteiger partial charge in [0.15, 0.2) is 0 Å². The Balaban J connectivity index is 2.84. The summed E-state index contributed by atoms with van der Waals surface area (Å²) in [5, 5.41) is 0. The van der Waals surface area contributed by atoms with Crippen LogP contribution in [0.25, 0.3) is 16.7 Å². The van der Waals surface area contributed by atoms with Gasteiger partial charge in [-0.15, -0.1) is 0 Å². The first kappa shape index (κ1) is 3.67. The first-order valence-electron chi connectivity index (χ1n) is 2.93. The molecule has 0 saturated heterocycles. The lowest BCUT2D eigenvalue weighted by Crippen LogP contribution is -1.99. The Kier molecular flexibility index (Phi) is 0.358. The van der Waals surface area contributed by atoms with E-state index in [2.05, 4.69) is 21.7 Å². The van der Waals surface area contributed by atoms with Gasteiger partial charge in [0.05, 0.1) is 11.0 Å². The average Bonchev–Trinajstić information content (AvgIpc) is 2.06. The summed E-state index contributed by atoms with van der Waals surface area (Å²) in [5.74, 6) is 0. The summed E-state index contributed by atoms with van der Waals surface area (Å²) >= 11 is 0. The van der Waals surface area contributed by atoms with Crippen LogP contribution in [0.2, 0.25) is 0 Å². The van der Waals surface area contributed by atoms with Crippen molar-refractivity contribution >= 4 is 11.0 Å². The summed E-state index contributed by atoms with van der Waals surface area (Å²) < 4.78 is 2.09. The number of hydrogen-bond donors (Lipinski definition) is 0. The highest BCUT2D eigenvalue weighted by molar-refractivity contribution is 5.85. The van der Waals surface area contributed by atoms with Crippen molar-refractivity contribution in [2.75, 3.05) is 0 Å². The Morgan fingerprint density at radius 3 is 3.00 bits per heavy atom. The van der Waals surface area contributed by atoms with Crippen molar-refractivity contribution in [3.05, 3.63) is 24.5 Å². The quantitative estimate of drug-likeness (QED) is 0.433. The smallest absolute Gasteiger partial charge is 0.100 e. The molecule has 0 unspecified atom stereocenters. The number of imidazole rings is 1. The molecule has 0 saturated carbocycles. The molecule has 2 aromatic rings. The Morgan fingerprint density at radius 1 is 1.33 bits per heavy atom. The maximum absolute atomic E-state index is 4.16. The van der Waals surface area contributed by atoms with Crippen molar-refractivity contribution in [3.8, 4) is 5.69 Å². The van der Waals surface area contributed by atoms with E-state index in [1.807, 2.05) is 12.4 Å². The van der Waals surface area contributed by atoms with Gasteiger partial charge >= 0.3 is 0 Å². The molecule has 3 heterocycles. The first-order chi connectivity index (χ1) is 4.45. The summed E-state index contributed by atoms with van der Waals surface area (Å²) in [4.78, 5) is 4.16. The van der Waals surface area contributed by atoms with Crippen molar-refractivity contribution in [2.24, 2.45) is 0 Å². The standard InChI is InChI=1S/C7H4N2/c1-2-6-7-3-5(1)9(7)4-8-6/h1-4H. The van der Waals surface area contributed by atoms with Gasteiger partial charge < -0.3 is 0 Å². The molecule has 0 radical (unpaired) electrons. The molecule has 0 aliphatic carbocycles. The Bertz CT molecular complexity index is 381. The predicted molar refractivity (Wildman–Crippen MR) is 34.6 cm³/mol. The molecule has 4 bridgehead atoms. The minimum Gasteiger partial charge on any atom is -0.299 e. The van der Waals surface area contributed by atoms with E-state index in [0.717, 1.165) is 5.52 Å². The average molecular weight is 116 g/mol. The third-order valence-electron chi connectivity index (χ3n) is 1.81. The van der Waals surface area contributed by atoms with Crippen LogP contribution in [0, 0.1) is 0 Å². The molecular weight excluding hydrogens is 112 g/mol. The lowest BCUT2D eigenvalue weighted by molar-refractivity contribution is 1.06. The highest BCUT2D eigenvalue weighted by Crippen LogP contribution is 2.27. The fourth-order valence-corrected chi connectivity index (χ4v) is 1.29. The van der Waals surface area contributed by atoms with Gasteiger partial charge in [-0.2, -0.15) is 0 Å². The molecule has 2 aliphatic heterocycles. The van der Waals surface area contributed by atoms with Crippen molar-refractivity contribution in [1.29, 1.82) is 0 Å². The fraction of sp³-hybridized carbons (Fsp3) is 0. The third-order valence-corrected chi connectivity index (χ3v) is 1.81. The molecule has 1 aromatic heterocycles. The molecule has 0 fully saturated rings. The minimum atomic E-state index is 1.10. The minimum absolute atomic E-state index is 1.10. The molecule has 9 heavy (non-hydrogen) atoms. The molecule has 2 heteroatoms. The van der Waals surface area contributed by atoms with Gasteiger partial charge in [-0.25, -0.2) is 4.98 Å². The molecule has 2 nitrogen and oxygen atoms in total. The summed E-state index contributed by atoms with van der Waals surface area (Å²) in [6.45, 7) is 0. The van der Waals surface area contributed by atoms with Gasteiger partial charge in [0.2, 0.25) is 0 Å². The van der Waals surface area contributed by atoms with E-state index >= 15 is 0 Å². The van der Waals surface area contributed by atoms with E-state index in [-0.39, 0.29) is 0 Å². The van der Waals surface area contributed by atoms with E-state index in [1.165, 1.54) is 11.2 Å². The highest BCUT2D eigenvalue weighted by atomic mass is 15.1. The van der Waals surface area contributed by atoms with Crippen molar-refractivity contribution in [2.45, 2.75) is 0 Å². The lowest BCUT2D eigenvalue weighted by Gasteiger charge is -2.11. The van der Waals surface area contributed by atoms with E-state index in [1.54, 1.807) is 0 Å². The molecule has 42 valence electrons. The zero-order chi connectivity index (χ0) is 5.84. The number of aromatic nitrogens is 2. The second-order valence-electron chi connectivity index (χ2n) is 2.29. The van der Waals surface area contributed by atoms with Crippen LogP contribution >= 0.6 is 0 Å². The van der Waals surface area contributed by atoms with Crippen LogP contribution in [-0.2, 0) is 0 Å². The van der Waals surface area contributed by atoms with Gasteiger partial charge in [-0.3, -0.25) is 4.57 Å². The van der Waals surface area contributed by atoms with E-state index in [9.17, 15) is 0 Å². The van der Waals surface area contributed by atoms with Crippen LogP contribution in [0.4, 0.5) is 0 Å². The third kappa shape index (κ3) is 0.241. The van der Waals surface area contributed by atoms with Gasteiger partial charge in [0.25, 0.3) is 0 Å². The monoisotopic (exact) mass is 116 g/mol. The van der Waals surface area contributed by atoms with Crippen LogP contribution in [0.1, 0.15) is 0 Å². The number of fused-ring (bicyclic) bond motifs is 1. The topological polar surface area (TPSA) is 17.8 Å². The highest BCUT2D eigenvalue weighted by Gasteiger charge is 2.12. The molecular formula is C7H4N2. The Labute approximate surface area is 51.7 Å². The van der Waals surface area contributed by atoms with Crippen LogP contribution < -0.4 is 0 Å². The van der Waals surface area contributed by atoms with Crippen LogP contribution in [0.5, 0.6) is 0 Å². The molecule has 0 atom stereocenters. The van der Waals surface area contributed by atoms with Gasteiger partial charge in [-0.1, -0.05) is 0 Å². The number of nitrogens with zero attached hydrogens (tertiary/aromatic N) is 2. The molecule has 1 aromatic carbocycles. The zero-order valence-corrected chi connectivity index (χ0v) is 4.70. The van der Waals surface area contributed by atoms with Gasteiger partial charge in [-0.05, 0) is 18.2 Å². The molecule has 0 spiro atoms. The lowest BCUT2D eigenvalue weighted by atomic mass is 10.2. The zero-order valence-electron chi connectivity index (χ0n) is 4.70. The molecule has 0 N–H and O–H groups in total. The second-order valence-corrected chi connectivity index (χ2v) is 2.29. The SMILES string of the molecule is c1cc2ncn3c2cc1-3. The largest absolute Gasteiger partial charge is 0.299 e. The summed E-state index contributed by atoms with van der Waals surface area (Å²) in [7, 11) is 0. The van der Waals surface area contributed by atoms with E-state index < -0.39 is 0 Å². The van der Waals surface area contributed by atoms with Crippen molar-refractivity contribution in [1.82, 2.24) is 9.55 Å². The summed E-state index contributed by atoms with van der Waals surface area (Å²) in [6, 6.07) is 6.27. The van der Waals surface area contributed by atoms with Crippen molar-refractivity contribution in [3.63, 3.8) is 0 Å². The Hall–Kier alpha value is -1.31. The second kappa shape index (κ2) is 0.880. The number of pyridine rings is 1. The number of rotatable bonds is 0. The van der Waals surface area contributed by atoms with Crippen LogP contribution in [0.15, 0.2) is 24.5 Å². The van der Waals surface area contributed by atoms with Crippen LogP contribution in [0.3, 0.4) is 0 Å². The van der Waals surface area contributed by atoms with Gasteiger partial charge in [0, 0.05) is 5.69 Å². The normalized spacial score (nSPS) is 12.4. The number of hydrogen-bond acceptors (Lipinski definition) is 1. The van der Waals surface area contributed by atoms with Crippen molar-refractivity contribution < 1.29 is 0 Å². The maximum Gasteiger partial charge on any atom is 0.100 e. The van der Waals surface area contributed by atoms with E-state index in [4.69, 9.17) is 0 Å². The maximum atomic E-state index is 4.16. The van der Waals surface area contributed by atoms with Gasteiger partial charge in [0.1, 0.15) is 6.33 Å². The molecule has 0 amide bonds. The summed E-state index contributed by atoms with van der Waals surface area (Å²) in [6.07, 6.45) is 1.86. The summed E-state index contributed by atoms with van der Waals surface area (Å²) in [5.41, 5.74) is 3.62. The van der Waals surface area contributed by atoms with Crippen LogP contribution in [-0.4, -0.2) is 9.55 Å².